The summed E-state index contributed by atoms with van der Waals surface area (Å²) in [4.78, 5) is 48.0. The van der Waals surface area contributed by atoms with Crippen molar-refractivity contribution < 1.29 is 34.1 Å². The number of ketones is 1. The highest BCUT2D eigenvalue weighted by atomic mass is 16.5. The van der Waals surface area contributed by atoms with Crippen LogP contribution in [0.1, 0.15) is 91.9 Å². The topological polar surface area (TPSA) is 130 Å². The number of carbonyl (C=O) groups is 4. The molecule has 0 aromatic carbocycles. The molecule has 4 aliphatic carbocycles. The normalized spacial score (nSPS) is 35.9. The number of rotatable bonds is 8. The SMILES string of the molecule is CC(C)(CNC(=O)CCC(=O)O[C@@H]1CC[C@H]2[C@@H]3CCC4=CC(=O)CC[C@]4(C)[C@H]3CC[C@]12C)[C@@H](O)C(=O)O. The Labute approximate surface area is 219 Å². The van der Waals surface area contributed by atoms with Gasteiger partial charge >= 0.3 is 11.9 Å². The van der Waals surface area contributed by atoms with Crippen LogP contribution in [-0.4, -0.2) is 52.6 Å². The van der Waals surface area contributed by atoms with Crippen molar-refractivity contribution in [2.45, 2.75) is 104 Å². The third kappa shape index (κ3) is 5.23. The summed E-state index contributed by atoms with van der Waals surface area (Å²) in [6.07, 6.45) is 7.82. The molecule has 0 unspecified atom stereocenters. The largest absolute Gasteiger partial charge is 0.479 e. The molecule has 0 spiro atoms. The second kappa shape index (κ2) is 10.2. The molecule has 8 heteroatoms. The van der Waals surface area contributed by atoms with Crippen LogP contribution in [0.3, 0.4) is 0 Å². The zero-order valence-electron chi connectivity index (χ0n) is 22.7. The van der Waals surface area contributed by atoms with Crippen molar-refractivity contribution in [3.63, 3.8) is 0 Å². The van der Waals surface area contributed by atoms with E-state index in [4.69, 9.17) is 9.84 Å². The van der Waals surface area contributed by atoms with E-state index in [-0.39, 0.29) is 54.0 Å². The van der Waals surface area contributed by atoms with E-state index in [0.29, 0.717) is 24.2 Å². The minimum Gasteiger partial charge on any atom is -0.479 e. The molecule has 3 fully saturated rings. The Morgan fingerprint density at radius 2 is 1.81 bits per heavy atom. The van der Waals surface area contributed by atoms with Crippen molar-refractivity contribution in [2.75, 3.05) is 6.54 Å². The summed E-state index contributed by atoms with van der Waals surface area (Å²) in [6, 6.07) is 0. The Balaban J connectivity index is 1.30. The molecule has 0 aromatic heterocycles. The number of aliphatic carboxylic acids is 1. The number of allylic oxidation sites excluding steroid dienone is 1. The van der Waals surface area contributed by atoms with Gasteiger partial charge in [-0.3, -0.25) is 14.4 Å². The van der Waals surface area contributed by atoms with Gasteiger partial charge in [0.15, 0.2) is 11.9 Å². The van der Waals surface area contributed by atoms with E-state index in [2.05, 4.69) is 19.2 Å². The molecule has 37 heavy (non-hydrogen) atoms. The average Bonchev–Trinajstić information content (AvgIpc) is 3.17. The van der Waals surface area contributed by atoms with E-state index in [1.807, 2.05) is 6.08 Å². The Morgan fingerprint density at radius 1 is 1.08 bits per heavy atom. The van der Waals surface area contributed by atoms with Gasteiger partial charge in [-0.05, 0) is 74.2 Å². The molecule has 8 nitrogen and oxygen atoms in total. The molecular weight excluding hydrogens is 474 g/mol. The number of hydrogen-bond donors (Lipinski definition) is 3. The molecule has 7 atom stereocenters. The number of aliphatic hydroxyl groups is 1. The van der Waals surface area contributed by atoms with Gasteiger partial charge in [-0.2, -0.15) is 0 Å². The number of carbonyl (C=O) groups excluding carboxylic acids is 3. The van der Waals surface area contributed by atoms with Crippen molar-refractivity contribution in [3.8, 4) is 0 Å². The number of fused-ring (bicyclic) bond motifs is 5. The maximum absolute atomic E-state index is 12.7. The monoisotopic (exact) mass is 517 g/mol. The van der Waals surface area contributed by atoms with Crippen LogP contribution in [0.25, 0.3) is 0 Å². The summed E-state index contributed by atoms with van der Waals surface area (Å²) in [5.74, 6) is -0.132. The van der Waals surface area contributed by atoms with Crippen LogP contribution in [-0.2, 0) is 23.9 Å². The summed E-state index contributed by atoms with van der Waals surface area (Å²) in [7, 11) is 0. The smallest absolute Gasteiger partial charge is 0.333 e. The molecule has 0 radical (unpaired) electrons. The van der Waals surface area contributed by atoms with Crippen LogP contribution >= 0.6 is 0 Å². The first-order valence-corrected chi connectivity index (χ1v) is 13.9. The van der Waals surface area contributed by atoms with Crippen LogP contribution < -0.4 is 5.32 Å². The molecule has 3 N–H and O–H groups in total. The molecule has 4 rings (SSSR count). The highest BCUT2D eigenvalue weighted by Gasteiger charge is 2.60. The number of nitrogens with one attached hydrogen (secondary N) is 1. The number of hydrogen-bond acceptors (Lipinski definition) is 6. The van der Waals surface area contributed by atoms with Crippen molar-refractivity contribution in [2.24, 2.45) is 34.0 Å². The number of aliphatic hydroxyl groups excluding tert-OH is 1. The highest BCUT2D eigenvalue weighted by molar-refractivity contribution is 5.91. The number of ether oxygens (including phenoxy) is 1. The maximum atomic E-state index is 12.7. The maximum Gasteiger partial charge on any atom is 0.333 e. The fourth-order valence-electron chi connectivity index (χ4n) is 7.98. The van der Waals surface area contributed by atoms with Crippen molar-refractivity contribution in [1.29, 1.82) is 0 Å². The van der Waals surface area contributed by atoms with Gasteiger partial charge in [0, 0.05) is 30.2 Å². The molecule has 0 aliphatic heterocycles. The third-order valence-electron chi connectivity index (χ3n) is 10.4. The quantitative estimate of drug-likeness (QED) is 0.418. The van der Waals surface area contributed by atoms with Gasteiger partial charge in [0.05, 0.1) is 6.42 Å². The van der Waals surface area contributed by atoms with Crippen molar-refractivity contribution >= 4 is 23.6 Å². The van der Waals surface area contributed by atoms with E-state index in [0.717, 1.165) is 44.9 Å². The lowest BCUT2D eigenvalue weighted by Crippen LogP contribution is -2.51. The van der Waals surface area contributed by atoms with E-state index in [1.165, 1.54) is 5.57 Å². The Kier molecular flexibility index (Phi) is 7.63. The summed E-state index contributed by atoms with van der Waals surface area (Å²) in [5, 5.41) is 21.4. The molecule has 4 aliphatic rings. The number of carboxylic acids is 1. The Bertz CT molecular complexity index is 987. The summed E-state index contributed by atoms with van der Waals surface area (Å²) < 4.78 is 5.98. The lowest BCUT2D eigenvalue weighted by Gasteiger charge is -2.57. The van der Waals surface area contributed by atoms with E-state index < -0.39 is 17.5 Å². The summed E-state index contributed by atoms with van der Waals surface area (Å²) in [6.45, 7) is 7.75. The molecule has 0 heterocycles. The second-order valence-corrected chi connectivity index (χ2v) is 13.1. The predicted octanol–water partition coefficient (Wildman–Crippen LogP) is 3.80. The van der Waals surface area contributed by atoms with Crippen molar-refractivity contribution in [3.05, 3.63) is 11.6 Å². The van der Waals surface area contributed by atoms with Crippen LogP contribution in [0, 0.1) is 34.0 Å². The summed E-state index contributed by atoms with van der Waals surface area (Å²) >= 11 is 0. The lowest BCUT2D eigenvalue weighted by molar-refractivity contribution is -0.160. The second-order valence-electron chi connectivity index (χ2n) is 13.1. The fourth-order valence-corrected chi connectivity index (χ4v) is 7.98. The predicted molar refractivity (Wildman–Crippen MR) is 136 cm³/mol. The fraction of sp³-hybridized carbons (Fsp3) is 0.793. The summed E-state index contributed by atoms with van der Waals surface area (Å²) in [5.41, 5.74) is 0.385. The highest BCUT2D eigenvalue weighted by Crippen LogP contribution is 2.65. The first-order chi connectivity index (χ1) is 17.3. The molecule has 0 saturated heterocycles. The van der Waals surface area contributed by atoms with Crippen LogP contribution in [0.15, 0.2) is 11.6 Å². The molecule has 3 saturated carbocycles. The zero-order valence-corrected chi connectivity index (χ0v) is 22.7. The zero-order chi connectivity index (χ0) is 27.2. The molecule has 0 aromatic rings. The van der Waals surface area contributed by atoms with Gasteiger partial charge in [-0.25, -0.2) is 4.79 Å². The minimum absolute atomic E-state index is 0.0107. The lowest BCUT2D eigenvalue weighted by atomic mass is 9.47. The minimum atomic E-state index is -1.60. The Morgan fingerprint density at radius 3 is 2.51 bits per heavy atom. The standard InChI is InChI=1S/C29H43NO7/c1-27(2,25(34)26(35)36)16-30-23(32)9-10-24(33)37-22-8-7-20-19-6-5-17-15-18(31)11-13-28(17,3)21(19)12-14-29(20,22)4/h15,19-22,25,34H,5-14,16H2,1-4H3,(H,30,32)(H,35,36)/t19-,20-,21-,22+,25-,28-,29-/m0/s1. The third-order valence-corrected chi connectivity index (χ3v) is 10.4. The van der Waals surface area contributed by atoms with E-state index >= 15 is 0 Å². The molecule has 206 valence electrons. The van der Waals surface area contributed by atoms with Gasteiger partial charge in [0.1, 0.15) is 6.10 Å². The molecule has 0 bridgehead atoms. The first-order valence-electron chi connectivity index (χ1n) is 13.9. The van der Waals surface area contributed by atoms with Crippen LogP contribution in [0.5, 0.6) is 0 Å². The van der Waals surface area contributed by atoms with Gasteiger partial charge in [-0.15, -0.1) is 0 Å². The van der Waals surface area contributed by atoms with Crippen LogP contribution in [0.4, 0.5) is 0 Å². The number of esters is 1. The number of carboxylic acid groups (broad SMARTS) is 1. The van der Waals surface area contributed by atoms with E-state index in [1.54, 1.807) is 13.8 Å². The van der Waals surface area contributed by atoms with Crippen LogP contribution in [0.2, 0.25) is 0 Å². The Hall–Kier alpha value is -2.22. The molecular formula is C29H43NO7. The van der Waals surface area contributed by atoms with E-state index in [9.17, 15) is 24.3 Å². The first kappa shape index (κ1) is 27.8. The molecule has 1 amide bonds. The van der Waals surface area contributed by atoms with Gasteiger partial charge in [0.2, 0.25) is 5.91 Å². The number of amides is 1. The van der Waals surface area contributed by atoms with Gasteiger partial charge < -0.3 is 20.3 Å². The average molecular weight is 518 g/mol. The van der Waals surface area contributed by atoms with Crippen molar-refractivity contribution in [1.82, 2.24) is 5.32 Å². The van der Waals surface area contributed by atoms with Gasteiger partial charge in [0.25, 0.3) is 0 Å². The van der Waals surface area contributed by atoms with Gasteiger partial charge in [-0.1, -0.05) is 33.3 Å².